The van der Waals surface area contributed by atoms with Crippen LogP contribution in [0.1, 0.15) is 20.8 Å². The molecule has 0 spiro atoms. The average Bonchev–Trinajstić information content (AvgIpc) is 1.63. The molecule has 0 aliphatic rings. The van der Waals surface area contributed by atoms with E-state index in [4.69, 9.17) is 16.3 Å². The van der Waals surface area contributed by atoms with E-state index in [9.17, 15) is 0 Å². The molecule has 52 valence electrons. The van der Waals surface area contributed by atoms with Crippen LogP contribution in [0.25, 0.3) is 0 Å². The van der Waals surface area contributed by atoms with Crippen molar-refractivity contribution in [3.05, 3.63) is 0 Å². The van der Waals surface area contributed by atoms with Gasteiger partial charge in [-0.1, -0.05) is 0 Å². The Morgan fingerprint density at radius 1 is 1.44 bits per heavy atom. The lowest BCUT2D eigenvalue weighted by Crippen LogP contribution is -2.15. The molecule has 0 bridgehead atoms. The Labute approximate surface area is 61.3 Å². The maximum absolute atomic E-state index is 5.28. The van der Waals surface area contributed by atoms with E-state index < -0.39 is 0 Å². The normalized spacial score (nSPS) is 9.78. The van der Waals surface area contributed by atoms with E-state index in [0.717, 1.165) is 0 Å². The van der Waals surface area contributed by atoms with Crippen molar-refractivity contribution in [2.45, 2.75) is 26.4 Å². The fourth-order valence-corrected chi connectivity index (χ4v) is 0.271. The van der Waals surface area contributed by atoms with Gasteiger partial charge in [-0.2, -0.15) is 0 Å². The first kappa shape index (κ1) is 8.65. The molecule has 0 amide bonds. The van der Waals surface area contributed by atoms with Crippen molar-refractivity contribution in [1.29, 1.82) is 0 Å². The molecule has 9 heavy (non-hydrogen) atoms. The van der Waals surface area contributed by atoms with Crippen molar-refractivity contribution in [2.75, 3.05) is 5.88 Å². The van der Waals surface area contributed by atoms with Gasteiger partial charge in [0.05, 0.1) is 5.88 Å². The van der Waals surface area contributed by atoms with Crippen LogP contribution < -0.4 is 0 Å². The molecule has 2 heteroatoms. The average molecular weight is 147 g/mol. The first-order valence-electron chi connectivity index (χ1n) is 2.78. The van der Waals surface area contributed by atoms with Crippen LogP contribution >= 0.6 is 11.6 Å². The second kappa shape index (κ2) is 3.63. The Bertz CT molecular complexity index is 124. The molecular formula is C7H11ClO. The lowest BCUT2D eigenvalue weighted by Gasteiger charge is -2.14. The monoisotopic (exact) mass is 146 g/mol. The maximum Gasteiger partial charge on any atom is 0.112 e. The van der Waals surface area contributed by atoms with Gasteiger partial charge < -0.3 is 4.74 Å². The minimum atomic E-state index is -0.181. The molecule has 0 saturated heterocycles. The van der Waals surface area contributed by atoms with Crippen LogP contribution in [-0.2, 0) is 4.74 Å². The van der Waals surface area contributed by atoms with Gasteiger partial charge in [0.25, 0.3) is 0 Å². The lowest BCUT2D eigenvalue weighted by atomic mass is 10.2. The fraction of sp³-hybridized carbons (Fsp3) is 0.714. The Morgan fingerprint density at radius 2 is 2.00 bits per heavy atom. The van der Waals surface area contributed by atoms with Gasteiger partial charge in [0.2, 0.25) is 0 Å². The van der Waals surface area contributed by atoms with Gasteiger partial charge in [0, 0.05) is 0 Å². The number of hydrogen-bond acceptors (Lipinski definition) is 1. The summed E-state index contributed by atoms with van der Waals surface area (Å²) in [6, 6.07) is 0. The molecule has 0 rings (SSSR count). The Hall–Kier alpha value is -0.350. The molecule has 0 atom stereocenters. The highest BCUT2D eigenvalue weighted by Gasteiger charge is 2.07. The van der Waals surface area contributed by atoms with Crippen molar-refractivity contribution < 1.29 is 4.74 Å². The topological polar surface area (TPSA) is 9.23 Å². The minimum Gasteiger partial charge on any atom is -0.441 e. The fourth-order valence-electron chi connectivity index (χ4n) is 0.216. The summed E-state index contributed by atoms with van der Waals surface area (Å²) in [7, 11) is 0. The van der Waals surface area contributed by atoms with E-state index in [2.05, 4.69) is 12.0 Å². The molecule has 0 aromatic heterocycles. The number of hydrogen-bond donors (Lipinski definition) is 0. The van der Waals surface area contributed by atoms with E-state index in [1.807, 2.05) is 20.8 Å². The summed E-state index contributed by atoms with van der Waals surface area (Å²) in [5, 5.41) is 0. The second-order valence-electron chi connectivity index (χ2n) is 2.63. The molecule has 0 fully saturated rings. The highest BCUT2D eigenvalue weighted by atomic mass is 35.5. The van der Waals surface area contributed by atoms with Crippen molar-refractivity contribution >= 4 is 11.6 Å². The standard InChI is InChI=1S/C7H11ClO/c1-7(2,3)9-6-4-5-8/h5H2,1-3H3. The van der Waals surface area contributed by atoms with Crippen LogP contribution in [0.15, 0.2) is 0 Å². The van der Waals surface area contributed by atoms with Gasteiger partial charge in [0.1, 0.15) is 11.7 Å². The molecule has 0 aliphatic heterocycles. The number of ether oxygens (including phenoxy) is 1. The lowest BCUT2D eigenvalue weighted by molar-refractivity contribution is 0.0962. The molecule has 0 heterocycles. The minimum absolute atomic E-state index is 0.181. The molecule has 0 aromatic carbocycles. The molecular weight excluding hydrogens is 136 g/mol. The molecule has 0 aromatic rings. The molecule has 0 unspecified atom stereocenters. The second-order valence-corrected chi connectivity index (χ2v) is 2.89. The molecule has 0 N–H and O–H groups in total. The summed E-state index contributed by atoms with van der Waals surface area (Å²) in [5.41, 5.74) is -0.181. The summed E-state index contributed by atoms with van der Waals surface area (Å²) in [6.45, 7) is 5.82. The number of halogens is 1. The third kappa shape index (κ3) is 7.65. The zero-order chi connectivity index (χ0) is 7.33. The zero-order valence-electron chi connectivity index (χ0n) is 5.99. The largest absolute Gasteiger partial charge is 0.441 e. The summed E-state index contributed by atoms with van der Waals surface area (Å²) < 4.78 is 5.02. The number of alkyl halides is 1. The van der Waals surface area contributed by atoms with Crippen molar-refractivity contribution in [1.82, 2.24) is 0 Å². The predicted octanol–water partition coefficient (Wildman–Crippen LogP) is 2.00. The van der Waals surface area contributed by atoms with Crippen LogP contribution in [0.2, 0.25) is 0 Å². The smallest absolute Gasteiger partial charge is 0.112 e. The highest BCUT2D eigenvalue weighted by molar-refractivity contribution is 6.19. The van der Waals surface area contributed by atoms with E-state index in [1.54, 1.807) is 0 Å². The third-order valence-corrected chi connectivity index (χ3v) is 0.630. The molecule has 1 nitrogen and oxygen atoms in total. The third-order valence-electron chi connectivity index (χ3n) is 0.496. The van der Waals surface area contributed by atoms with Gasteiger partial charge in [-0.25, -0.2) is 0 Å². The van der Waals surface area contributed by atoms with Gasteiger partial charge >= 0.3 is 0 Å². The summed E-state index contributed by atoms with van der Waals surface area (Å²) in [4.78, 5) is 0. The Morgan fingerprint density at radius 3 is 2.33 bits per heavy atom. The highest BCUT2D eigenvalue weighted by Crippen LogP contribution is 2.04. The predicted molar refractivity (Wildman–Crippen MR) is 39.3 cm³/mol. The Balaban J connectivity index is 3.50. The van der Waals surface area contributed by atoms with E-state index in [1.165, 1.54) is 0 Å². The van der Waals surface area contributed by atoms with Crippen LogP contribution in [0, 0.1) is 12.0 Å². The van der Waals surface area contributed by atoms with Gasteiger partial charge in [0.15, 0.2) is 0 Å². The van der Waals surface area contributed by atoms with Crippen LogP contribution in [0.3, 0.4) is 0 Å². The van der Waals surface area contributed by atoms with Crippen molar-refractivity contribution in [3.63, 3.8) is 0 Å². The first-order chi connectivity index (χ1) is 4.06. The SMILES string of the molecule is CC(C)(C)OC#CCCl. The maximum atomic E-state index is 5.28. The van der Waals surface area contributed by atoms with Gasteiger partial charge in [-0.3, -0.25) is 0 Å². The van der Waals surface area contributed by atoms with Gasteiger partial charge in [-0.05, 0) is 26.7 Å². The van der Waals surface area contributed by atoms with Crippen LogP contribution in [-0.4, -0.2) is 11.5 Å². The van der Waals surface area contributed by atoms with E-state index in [-0.39, 0.29) is 5.60 Å². The van der Waals surface area contributed by atoms with Gasteiger partial charge in [-0.15, -0.1) is 11.6 Å². The molecule has 0 radical (unpaired) electrons. The van der Waals surface area contributed by atoms with Crippen molar-refractivity contribution in [2.24, 2.45) is 0 Å². The van der Waals surface area contributed by atoms with Crippen LogP contribution in [0.4, 0.5) is 0 Å². The van der Waals surface area contributed by atoms with Crippen LogP contribution in [0.5, 0.6) is 0 Å². The molecule has 0 aliphatic carbocycles. The van der Waals surface area contributed by atoms with Crippen molar-refractivity contribution in [3.8, 4) is 12.0 Å². The number of rotatable bonds is 0. The Kier molecular flexibility index (Phi) is 3.49. The summed E-state index contributed by atoms with van der Waals surface area (Å²) >= 11 is 5.28. The quantitative estimate of drug-likeness (QED) is 0.375. The van der Waals surface area contributed by atoms with E-state index >= 15 is 0 Å². The summed E-state index contributed by atoms with van der Waals surface area (Å²) in [5.74, 6) is 2.93. The zero-order valence-corrected chi connectivity index (χ0v) is 6.75. The van der Waals surface area contributed by atoms with E-state index in [0.29, 0.717) is 5.88 Å². The molecule has 0 saturated carbocycles. The summed E-state index contributed by atoms with van der Waals surface area (Å²) in [6.07, 6.45) is 2.49. The first-order valence-corrected chi connectivity index (χ1v) is 3.31.